The molecule has 0 aliphatic carbocycles. The number of aromatic nitrogens is 1. The molecule has 3 heteroatoms. The molecule has 0 saturated carbocycles. The van der Waals surface area contributed by atoms with Crippen molar-refractivity contribution in [1.29, 1.82) is 0 Å². The highest BCUT2D eigenvalue weighted by Gasteiger charge is 2.09. The van der Waals surface area contributed by atoms with Crippen LogP contribution in [-0.4, -0.2) is 24.6 Å². The Bertz CT molecular complexity index is 361. The summed E-state index contributed by atoms with van der Waals surface area (Å²) in [5, 5.41) is 3.45. The summed E-state index contributed by atoms with van der Waals surface area (Å²) in [6, 6.07) is 4.88. The minimum absolute atomic E-state index is 0.473. The fourth-order valence-electron chi connectivity index (χ4n) is 1.77. The van der Waals surface area contributed by atoms with Crippen molar-refractivity contribution in [2.45, 2.75) is 53.1 Å². The zero-order chi connectivity index (χ0) is 13.5. The van der Waals surface area contributed by atoms with Gasteiger partial charge in [0.05, 0.1) is 0 Å². The van der Waals surface area contributed by atoms with Crippen LogP contribution >= 0.6 is 0 Å². The lowest BCUT2D eigenvalue weighted by Gasteiger charge is -2.23. The van der Waals surface area contributed by atoms with Gasteiger partial charge in [0.15, 0.2) is 0 Å². The van der Waals surface area contributed by atoms with E-state index in [1.807, 2.05) is 0 Å². The minimum Gasteiger partial charge on any atom is -0.357 e. The molecule has 1 heterocycles. The summed E-state index contributed by atoms with van der Waals surface area (Å²) >= 11 is 0. The number of pyridine rings is 1. The molecule has 0 aliphatic rings. The normalized spacial score (nSPS) is 11.0. The monoisotopic (exact) mass is 249 g/mol. The summed E-state index contributed by atoms with van der Waals surface area (Å²) in [5.41, 5.74) is 2.51. The molecular weight excluding hydrogens is 222 g/mol. The highest BCUT2D eigenvalue weighted by atomic mass is 15.2. The average Bonchev–Trinajstić information content (AvgIpc) is 2.37. The third kappa shape index (κ3) is 4.30. The first-order valence-electron chi connectivity index (χ1n) is 7.01. The molecule has 18 heavy (non-hydrogen) atoms. The second kappa shape index (κ2) is 7.37. The second-order valence-corrected chi connectivity index (χ2v) is 5.06. The Hall–Kier alpha value is -1.09. The molecule has 0 fully saturated rings. The van der Waals surface area contributed by atoms with Gasteiger partial charge in [-0.2, -0.15) is 0 Å². The number of nitrogens with zero attached hydrogens (tertiary/aromatic N) is 2. The summed E-state index contributed by atoms with van der Waals surface area (Å²) in [6.07, 6.45) is 2.16. The Morgan fingerprint density at radius 2 is 2.00 bits per heavy atom. The summed E-state index contributed by atoms with van der Waals surface area (Å²) < 4.78 is 0. The number of aryl methyl sites for hydroxylation is 1. The third-order valence-electron chi connectivity index (χ3n) is 3.18. The zero-order valence-electron chi connectivity index (χ0n) is 12.5. The molecule has 0 bridgehead atoms. The van der Waals surface area contributed by atoms with Gasteiger partial charge in [-0.1, -0.05) is 13.8 Å². The highest BCUT2D eigenvalue weighted by molar-refractivity contribution is 5.42. The second-order valence-electron chi connectivity index (χ2n) is 5.06. The molecule has 0 atom stereocenters. The summed E-state index contributed by atoms with van der Waals surface area (Å²) in [7, 11) is 2.11. The van der Waals surface area contributed by atoms with Crippen LogP contribution < -0.4 is 10.2 Å². The van der Waals surface area contributed by atoms with E-state index < -0.39 is 0 Å². The van der Waals surface area contributed by atoms with E-state index in [0.29, 0.717) is 6.04 Å². The SMILES string of the molecule is CCCNCc1cc(CC)nc(N(C)C(C)C)c1. The van der Waals surface area contributed by atoms with Crippen LogP contribution in [0.15, 0.2) is 12.1 Å². The van der Waals surface area contributed by atoms with Crippen molar-refractivity contribution in [3.8, 4) is 0 Å². The van der Waals surface area contributed by atoms with Crippen LogP contribution in [0.2, 0.25) is 0 Å². The Balaban J connectivity index is 2.87. The highest BCUT2D eigenvalue weighted by Crippen LogP contribution is 2.16. The first kappa shape index (κ1) is 15.0. The van der Waals surface area contributed by atoms with E-state index >= 15 is 0 Å². The van der Waals surface area contributed by atoms with Crippen LogP contribution in [0.25, 0.3) is 0 Å². The lowest BCUT2D eigenvalue weighted by atomic mass is 10.1. The van der Waals surface area contributed by atoms with Gasteiger partial charge in [0, 0.05) is 25.3 Å². The zero-order valence-corrected chi connectivity index (χ0v) is 12.5. The van der Waals surface area contributed by atoms with E-state index in [0.717, 1.165) is 25.3 Å². The van der Waals surface area contributed by atoms with Crippen LogP contribution in [0, 0.1) is 0 Å². The van der Waals surface area contributed by atoms with Gasteiger partial charge < -0.3 is 10.2 Å². The van der Waals surface area contributed by atoms with Gasteiger partial charge in [0.1, 0.15) is 5.82 Å². The van der Waals surface area contributed by atoms with Crippen LogP contribution in [0.4, 0.5) is 5.82 Å². The van der Waals surface area contributed by atoms with Crippen molar-refractivity contribution in [2.24, 2.45) is 0 Å². The maximum Gasteiger partial charge on any atom is 0.129 e. The summed E-state index contributed by atoms with van der Waals surface area (Å²) in [4.78, 5) is 6.92. The molecule has 1 aromatic heterocycles. The van der Waals surface area contributed by atoms with Gasteiger partial charge in [0.2, 0.25) is 0 Å². The first-order valence-corrected chi connectivity index (χ1v) is 7.01. The molecule has 0 radical (unpaired) electrons. The molecule has 102 valence electrons. The van der Waals surface area contributed by atoms with Gasteiger partial charge in [-0.15, -0.1) is 0 Å². The number of anilines is 1. The number of nitrogens with one attached hydrogen (secondary N) is 1. The van der Waals surface area contributed by atoms with E-state index in [4.69, 9.17) is 4.98 Å². The molecule has 0 amide bonds. The largest absolute Gasteiger partial charge is 0.357 e. The number of hydrogen-bond acceptors (Lipinski definition) is 3. The van der Waals surface area contributed by atoms with Gasteiger partial charge in [0.25, 0.3) is 0 Å². The standard InChI is InChI=1S/C15H27N3/c1-6-8-16-11-13-9-14(7-2)17-15(10-13)18(5)12(3)4/h9-10,12,16H,6-8,11H2,1-5H3. The molecule has 1 aromatic rings. The molecular formula is C15H27N3. The van der Waals surface area contributed by atoms with Crippen LogP contribution in [-0.2, 0) is 13.0 Å². The Labute approximate surface area is 112 Å². The Kier molecular flexibility index (Phi) is 6.13. The molecule has 1 rings (SSSR count). The summed E-state index contributed by atoms with van der Waals surface area (Å²) in [5.74, 6) is 1.08. The van der Waals surface area contributed by atoms with Gasteiger partial charge >= 0.3 is 0 Å². The lowest BCUT2D eigenvalue weighted by molar-refractivity contribution is 0.672. The maximum absolute atomic E-state index is 4.70. The predicted molar refractivity (Wildman–Crippen MR) is 79.2 cm³/mol. The minimum atomic E-state index is 0.473. The lowest BCUT2D eigenvalue weighted by Crippen LogP contribution is -2.27. The first-order chi connectivity index (χ1) is 8.58. The van der Waals surface area contributed by atoms with Crippen LogP contribution in [0.1, 0.15) is 45.4 Å². The smallest absolute Gasteiger partial charge is 0.129 e. The molecule has 0 aliphatic heterocycles. The van der Waals surface area contributed by atoms with Gasteiger partial charge in [-0.3, -0.25) is 0 Å². The molecule has 0 spiro atoms. The van der Waals surface area contributed by atoms with Crippen molar-refractivity contribution >= 4 is 5.82 Å². The van der Waals surface area contributed by atoms with E-state index in [1.165, 1.54) is 17.7 Å². The molecule has 3 nitrogen and oxygen atoms in total. The van der Waals surface area contributed by atoms with Crippen molar-refractivity contribution in [3.63, 3.8) is 0 Å². The maximum atomic E-state index is 4.70. The topological polar surface area (TPSA) is 28.2 Å². The van der Waals surface area contributed by atoms with E-state index in [9.17, 15) is 0 Å². The van der Waals surface area contributed by atoms with E-state index in [1.54, 1.807) is 0 Å². The van der Waals surface area contributed by atoms with Crippen molar-refractivity contribution in [2.75, 3.05) is 18.5 Å². The van der Waals surface area contributed by atoms with Crippen LogP contribution in [0.3, 0.4) is 0 Å². The summed E-state index contributed by atoms with van der Waals surface area (Å²) in [6.45, 7) is 10.7. The fraction of sp³-hybridized carbons (Fsp3) is 0.667. The van der Waals surface area contributed by atoms with E-state index in [2.05, 4.69) is 57.1 Å². The number of hydrogen-bond donors (Lipinski definition) is 1. The third-order valence-corrected chi connectivity index (χ3v) is 3.18. The van der Waals surface area contributed by atoms with Crippen molar-refractivity contribution < 1.29 is 0 Å². The van der Waals surface area contributed by atoms with Crippen LogP contribution in [0.5, 0.6) is 0 Å². The number of rotatable bonds is 7. The van der Waals surface area contributed by atoms with Crippen molar-refractivity contribution in [3.05, 3.63) is 23.4 Å². The van der Waals surface area contributed by atoms with Gasteiger partial charge in [-0.05, 0) is 50.9 Å². The van der Waals surface area contributed by atoms with Gasteiger partial charge in [-0.25, -0.2) is 4.98 Å². The fourth-order valence-corrected chi connectivity index (χ4v) is 1.77. The molecule has 0 unspecified atom stereocenters. The molecule has 0 saturated heterocycles. The average molecular weight is 249 g/mol. The Morgan fingerprint density at radius 3 is 2.56 bits per heavy atom. The van der Waals surface area contributed by atoms with Crippen molar-refractivity contribution in [1.82, 2.24) is 10.3 Å². The molecule has 0 aromatic carbocycles. The van der Waals surface area contributed by atoms with E-state index in [-0.39, 0.29) is 0 Å². The predicted octanol–water partition coefficient (Wildman–Crippen LogP) is 2.99. The Morgan fingerprint density at radius 1 is 1.28 bits per heavy atom. The quantitative estimate of drug-likeness (QED) is 0.753. The molecule has 1 N–H and O–H groups in total.